The van der Waals surface area contributed by atoms with Crippen LogP contribution >= 0.6 is 0 Å². The second-order valence-corrected chi connectivity index (χ2v) is 17.1. The first kappa shape index (κ1) is 37.3. The molecule has 1 aromatic heterocycles. The Labute approximate surface area is 338 Å². The largest absolute Gasteiger partial charge is 0.297 e. The van der Waals surface area contributed by atoms with Crippen molar-refractivity contribution in [1.29, 1.82) is 0 Å². The summed E-state index contributed by atoms with van der Waals surface area (Å²) in [6.45, 7) is 0. The molecule has 8 rings (SSSR count). The predicted octanol–water partition coefficient (Wildman–Crippen LogP) is -10.1. The van der Waals surface area contributed by atoms with Gasteiger partial charge in [0, 0.05) is 5.56 Å². The molecule has 0 aliphatic rings. The van der Waals surface area contributed by atoms with Gasteiger partial charge in [0.05, 0.1) is 46.1 Å². The molecule has 0 fully saturated rings. The highest BCUT2D eigenvalue weighted by molar-refractivity contribution is 6.70. The summed E-state index contributed by atoms with van der Waals surface area (Å²) in [6.07, 6.45) is 0. The zero-order chi connectivity index (χ0) is 39.2. The van der Waals surface area contributed by atoms with Crippen molar-refractivity contribution in [2.24, 2.45) is 0 Å². The lowest BCUT2D eigenvalue weighted by atomic mass is 9.42. The normalized spacial score (nSPS) is 11.9. The van der Waals surface area contributed by atoms with Gasteiger partial charge in [-0.05, 0) is 73.6 Å². The molecule has 0 amide bonds. The molecule has 15 heteroatoms. The summed E-state index contributed by atoms with van der Waals surface area (Å²) < 4.78 is 2.40. The number of imidazole rings is 1. The monoisotopic (exact) mass is 692 g/mol. The van der Waals surface area contributed by atoms with E-state index >= 15 is 0 Å². The molecule has 2 nitrogen and oxygen atoms in total. The van der Waals surface area contributed by atoms with Gasteiger partial charge in [0.15, 0.2) is 0 Å². The lowest BCUT2D eigenvalue weighted by Gasteiger charge is -2.27. The van der Waals surface area contributed by atoms with E-state index in [0.29, 0.717) is 0 Å². The fourth-order valence-corrected chi connectivity index (χ4v) is 9.32. The quantitative estimate of drug-likeness (QED) is 0.130. The third kappa shape index (κ3) is 5.70. The van der Waals surface area contributed by atoms with E-state index in [9.17, 15) is 0 Å². The van der Waals surface area contributed by atoms with Crippen LogP contribution in [0.15, 0.2) is 91.0 Å². The number of hydrogen-bond donors (Lipinski definition) is 0. The maximum Gasteiger partial charge on any atom is 0.139 e. The van der Waals surface area contributed by atoms with E-state index in [-0.39, 0.29) is 5.11 Å². The molecule has 8 aromatic rings. The minimum atomic E-state index is -0.160. The van der Waals surface area contributed by atoms with Crippen molar-refractivity contribution in [3.8, 4) is 39.1 Å². The molecule has 0 spiro atoms. The van der Waals surface area contributed by atoms with Crippen molar-refractivity contribution in [2.75, 3.05) is 0 Å². The fraction of sp³-hybridized carbons (Fsp3) is 0.0250. The summed E-state index contributed by atoms with van der Waals surface area (Å²) >= 11 is 0. The van der Waals surface area contributed by atoms with Crippen LogP contribution in [0, 0.1) is 0 Å². The molecule has 0 unspecified atom stereocenters. The molecule has 0 saturated heterocycles. The summed E-state index contributed by atoms with van der Waals surface area (Å²) in [5.41, 5.74) is 24.8. The van der Waals surface area contributed by atoms with Gasteiger partial charge < -0.3 is 0 Å². The zero-order valence-electron chi connectivity index (χ0n) is 35.1. The van der Waals surface area contributed by atoms with Crippen LogP contribution < -0.4 is 54.6 Å². The van der Waals surface area contributed by atoms with Gasteiger partial charge >= 0.3 is 0 Å². The molecule has 0 N–H and O–H groups in total. The molecule has 0 atom stereocenters. The smallest absolute Gasteiger partial charge is 0.139 e. The predicted molar refractivity (Wildman–Crippen MR) is 281 cm³/mol. The Balaban J connectivity index is 1.56. The summed E-state index contributed by atoms with van der Waals surface area (Å²) in [5, 5.41) is 5.03. The second-order valence-electron chi connectivity index (χ2n) is 17.1. The lowest BCUT2D eigenvalue weighted by Crippen LogP contribution is -2.55. The molecule has 1 heterocycles. The van der Waals surface area contributed by atoms with Gasteiger partial charge in [-0.25, -0.2) is 4.98 Å². The number of aromatic nitrogens is 2. The standard InChI is InChI=1S/C40H41B13N2/c41-29-27(30(42)34(46)37(49)33(29)45)25-18-8-1-2-9-19(18)26(28-31(43)35(47)38(50)36(48)32(28)44)21-15-16(13-14-20(21)25)17-7-3-5-11-23(17)55-24-12-6-4-10-22(24)54-39(55)40(51,52)53/h1-15H,41-53H2. The second kappa shape index (κ2) is 13.5. The van der Waals surface area contributed by atoms with Crippen LogP contribution in [0.3, 0.4) is 0 Å². The van der Waals surface area contributed by atoms with Crippen LogP contribution in [0.25, 0.3) is 71.6 Å². The number of nitrogens with zero attached hydrogens (tertiary/aromatic N) is 2. The van der Waals surface area contributed by atoms with Gasteiger partial charge in [-0.2, -0.15) is 0 Å². The van der Waals surface area contributed by atoms with Gasteiger partial charge in [0.25, 0.3) is 0 Å². The highest BCUT2D eigenvalue weighted by atomic mass is 15.1. The molecule has 0 aliphatic heterocycles. The minimum Gasteiger partial charge on any atom is -0.297 e. The average molecular weight is 690 g/mol. The Hall–Kier alpha value is -4.63. The van der Waals surface area contributed by atoms with Crippen molar-refractivity contribution >= 4 is 189 Å². The first-order valence-electron chi connectivity index (χ1n) is 19.8. The van der Waals surface area contributed by atoms with E-state index in [1.807, 2.05) is 0 Å². The van der Waals surface area contributed by atoms with Gasteiger partial charge in [-0.1, -0.05) is 93.7 Å². The maximum absolute atomic E-state index is 5.22. The van der Waals surface area contributed by atoms with Crippen LogP contribution in [0.4, 0.5) is 0 Å². The van der Waals surface area contributed by atoms with Crippen LogP contribution in [-0.2, 0) is 5.11 Å². The highest BCUT2D eigenvalue weighted by Crippen LogP contribution is 2.44. The van der Waals surface area contributed by atoms with Crippen LogP contribution in [-0.4, -0.2) is 112 Å². The molecule has 7 aromatic carbocycles. The van der Waals surface area contributed by atoms with Crippen LogP contribution in [0.2, 0.25) is 0 Å². The number of fused-ring (bicyclic) bond motifs is 3. The van der Waals surface area contributed by atoms with Gasteiger partial charge in [0.2, 0.25) is 0 Å². The SMILES string of the molecule is Bc1c(B)c(B)c(-c2c3ccccc3c(-c3c(B)c(B)c(B)c(B)c3B)c3cc(-c4ccccc4-n4c(C(B)(B)B)nc5ccccc54)ccc23)c(B)c1B. The van der Waals surface area contributed by atoms with Crippen LogP contribution in [0.1, 0.15) is 5.82 Å². The summed E-state index contributed by atoms with van der Waals surface area (Å²) in [6, 6.07) is 33.9. The molecule has 250 valence electrons. The Morgan fingerprint density at radius 3 is 1.40 bits per heavy atom. The first-order valence-corrected chi connectivity index (χ1v) is 19.8. The lowest BCUT2D eigenvalue weighted by molar-refractivity contribution is 0.930. The number of hydrogen-bond acceptors (Lipinski definition) is 1. The van der Waals surface area contributed by atoms with Crippen molar-refractivity contribution in [3.63, 3.8) is 0 Å². The zero-order valence-corrected chi connectivity index (χ0v) is 35.1. The van der Waals surface area contributed by atoms with E-state index in [2.05, 4.69) is 198 Å². The van der Waals surface area contributed by atoms with E-state index in [1.165, 1.54) is 110 Å². The minimum absolute atomic E-state index is 0.160. The Kier molecular flexibility index (Phi) is 9.18. The summed E-state index contributed by atoms with van der Waals surface area (Å²) in [7, 11) is 29.8. The topological polar surface area (TPSA) is 17.8 Å². The average Bonchev–Trinajstić information content (AvgIpc) is 3.59. The third-order valence-corrected chi connectivity index (χ3v) is 13.2. The Bertz CT molecular complexity index is 2870. The van der Waals surface area contributed by atoms with Crippen molar-refractivity contribution in [3.05, 3.63) is 96.8 Å². The van der Waals surface area contributed by atoms with Crippen molar-refractivity contribution in [1.82, 2.24) is 9.55 Å². The van der Waals surface area contributed by atoms with Gasteiger partial charge in [0.1, 0.15) is 78.5 Å². The molecule has 0 bridgehead atoms. The number of benzene rings is 7. The molecular weight excluding hydrogens is 649 g/mol. The van der Waals surface area contributed by atoms with Crippen molar-refractivity contribution < 1.29 is 0 Å². The Morgan fingerprint density at radius 1 is 0.418 bits per heavy atom. The molecule has 0 radical (unpaired) electrons. The van der Waals surface area contributed by atoms with Crippen LogP contribution in [0.5, 0.6) is 0 Å². The van der Waals surface area contributed by atoms with Crippen molar-refractivity contribution in [2.45, 2.75) is 5.11 Å². The van der Waals surface area contributed by atoms with E-state index in [1.54, 1.807) is 0 Å². The van der Waals surface area contributed by atoms with E-state index in [0.717, 1.165) is 22.5 Å². The number of rotatable bonds is 5. The maximum atomic E-state index is 5.22. The first-order chi connectivity index (χ1) is 26.1. The molecule has 0 saturated carbocycles. The molecular formula is C40H41B13N2. The molecule has 55 heavy (non-hydrogen) atoms. The van der Waals surface area contributed by atoms with E-state index in [4.69, 9.17) is 4.98 Å². The van der Waals surface area contributed by atoms with Gasteiger partial charge in [-0.3, -0.25) is 4.57 Å². The summed E-state index contributed by atoms with van der Waals surface area (Å²) in [4.78, 5) is 5.22. The van der Waals surface area contributed by atoms with Gasteiger partial charge in [-0.15, -0.1) is 32.8 Å². The fourth-order valence-electron chi connectivity index (χ4n) is 9.32. The molecule has 0 aliphatic carbocycles. The highest BCUT2D eigenvalue weighted by Gasteiger charge is 2.27. The summed E-state index contributed by atoms with van der Waals surface area (Å²) in [5.74, 6) is 1.06. The third-order valence-electron chi connectivity index (χ3n) is 13.2. The Morgan fingerprint density at radius 2 is 0.855 bits per heavy atom. The van der Waals surface area contributed by atoms with E-state index < -0.39 is 0 Å². The number of para-hydroxylation sites is 3.